The molecular weight excluding hydrogens is 396 g/mol. The summed E-state index contributed by atoms with van der Waals surface area (Å²) in [6.07, 6.45) is 1.66. The lowest BCUT2D eigenvalue weighted by molar-refractivity contribution is -0.129. The first-order valence-electron chi connectivity index (χ1n) is 9.21. The fourth-order valence-corrected chi connectivity index (χ4v) is 3.85. The van der Waals surface area contributed by atoms with Crippen LogP contribution in [0.3, 0.4) is 0 Å². The fraction of sp³-hybridized carbons (Fsp3) is 0.130. The highest BCUT2D eigenvalue weighted by atomic mass is 32.1. The van der Waals surface area contributed by atoms with E-state index in [0.717, 1.165) is 11.1 Å². The zero-order chi connectivity index (χ0) is 21.3. The number of rotatable bonds is 4. The number of amides is 1. The number of hydrogen-bond donors (Lipinski definition) is 1. The van der Waals surface area contributed by atoms with Gasteiger partial charge in [0.25, 0.3) is 5.91 Å². The molecule has 3 aromatic rings. The summed E-state index contributed by atoms with van der Waals surface area (Å²) in [4.78, 5) is 19.3. The minimum absolute atomic E-state index is 0.180. The van der Waals surface area contributed by atoms with E-state index in [1.54, 1.807) is 38.6 Å². The van der Waals surface area contributed by atoms with Gasteiger partial charge >= 0.3 is 0 Å². The number of nitrogens with zero attached hydrogens (tertiary/aromatic N) is 3. The second kappa shape index (κ2) is 7.58. The lowest BCUT2D eigenvalue weighted by atomic mass is 9.82. The predicted molar refractivity (Wildman–Crippen MR) is 117 cm³/mol. The first kappa shape index (κ1) is 19.6. The predicted octanol–water partition coefficient (Wildman–Crippen LogP) is 3.22. The summed E-state index contributed by atoms with van der Waals surface area (Å²) in [7, 11) is 3.25. The van der Waals surface area contributed by atoms with Gasteiger partial charge in [0.05, 0.1) is 24.4 Å². The molecular formula is C23H18N4O2S. The third-order valence-electron chi connectivity index (χ3n) is 5.23. The van der Waals surface area contributed by atoms with Crippen LogP contribution < -0.4 is 10.1 Å². The van der Waals surface area contributed by atoms with Gasteiger partial charge in [-0.1, -0.05) is 24.3 Å². The van der Waals surface area contributed by atoms with E-state index >= 15 is 0 Å². The number of benzene rings is 2. The molecule has 1 atom stereocenters. The minimum atomic E-state index is -1.18. The molecule has 0 radical (unpaired) electrons. The monoisotopic (exact) mass is 414 g/mol. The minimum Gasteiger partial charge on any atom is -0.497 e. The Bertz CT molecular complexity index is 1190. The summed E-state index contributed by atoms with van der Waals surface area (Å²) in [5.74, 6) is 0.514. The number of likely N-dealkylation sites (N-methyl/N-ethyl adjacent to an activating group) is 1. The van der Waals surface area contributed by atoms with Crippen molar-refractivity contribution in [2.45, 2.75) is 5.54 Å². The number of carbonyl (C=O) groups excluding carboxylic acids is 1. The van der Waals surface area contributed by atoms with Crippen LogP contribution in [0, 0.1) is 11.3 Å². The summed E-state index contributed by atoms with van der Waals surface area (Å²) in [6.45, 7) is 0. The highest BCUT2D eigenvalue weighted by Gasteiger charge is 2.51. The molecule has 2 heterocycles. The molecule has 0 saturated carbocycles. The van der Waals surface area contributed by atoms with E-state index in [1.165, 1.54) is 4.90 Å². The smallest absolute Gasteiger partial charge is 0.263 e. The van der Waals surface area contributed by atoms with Gasteiger partial charge in [0.15, 0.2) is 10.7 Å². The molecule has 4 rings (SSSR count). The number of nitriles is 1. The molecule has 1 amide bonds. The molecule has 1 N–H and O–H groups in total. The molecule has 7 heteroatoms. The number of thiocarbonyl (C=S) groups is 1. The number of methoxy groups -OCH3 is 1. The molecule has 0 bridgehead atoms. The van der Waals surface area contributed by atoms with Crippen molar-refractivity contribution in [1.29, 1.82) is 5.26 Å². The molecule has 1 unspecified atom stereocenters. The Kier molecular flexibility index (Phi) is 4.94. The van der Waals surface area contributed by atoms with Crippen LogP contribution in [0.4, 0.5) is 0 Å². The zero-order valence-electron chi connectivity index (χ0n) is 16.4. The lowest BCUT2D eigenvalue weighted by Gasteiger charge is -2.28. The zero-order valence-corrected chi connectivity index (χ0v) is 17.2. The Labute approximate surface area is 179 Å². The quantitative estimate of drug-likeness (QED) is 0.661. The Morgan fingerprint density at radius 1 is 1.13 bits per heavy atom. The SMILES string of the molecule is COc1ccc(C2(c3ccnc(-c4cccc(C#N)c4)c3)NC(=S)N(C)C2=O)cc1. The number of carbonyl (C=O) groups is 1. The molecule has 6 nitrogen and oxygen atoms in total. The number of pyridine rings is 1. The average molecular weight is 414 g/mol. The first-order chi connectivity index (χ1) is 14.5. The van der Waals surface area contributed by atoms with Crippen molar-refractivity contribution < 1.29 is 9.53 Å². The third-order valence-corrected chi connectivity index (χ3v) is 5.60. The molecule has 148 valence electrons. The molecule has 1 aliphatic rings. The van der Waals surface area contributed by atoms with Crippen LogP contribution in [0.2, 0.25) is 0 Å². The van der Waals surface area contributed by atoms with Crippen molar-refractivity contribution in [2.75, 3.05) is 14.2 Å². The van der Waals surface area contributed by atoms with E-state index in [4.69, 9.17) is 17.0 Å². The number of nitrogens with one attached hydrogen (secondary N) is 1. The van der Waals surface area contributed by atoms with Crippen molar-refractivity contribution >= 4 is 23.2 Å². The largest absolute Gasteiger partial charge is 0.497 e. The van der Waals surface area contributed by atoms with Crippen molar-refractivity contribution in [2.24, 2.45) is 0 Å². The maximum Gasteiger partial charge on any atom is 0.263 e. The number of hydrogen-bond acceptors (Lipinski definition) is 5. The van der Waals surface area contributed by atoms with Crippen LogP contribution in [0.25, 0.3) is 11.3 Å². The number of aromatic nitrogens is 1. The Hall–Kier alpha value is -3.76. The maximum absolute atomic E-state index is 13.4. The van der Waals surface area contributed by atoms with Gasteiger partial charge in [-0.05, 0) is 59.7 Å². The van der Waals surface area contributed by atoms with Gasteiger partial charge < -0.3 is 10.1 Å². The molecule has 1 aromatic heterocycles. The van der Waals surface area contributed by atoms with Crippen LogP contribution in [0.15, 0.2) is 66.9 Å². The average Bonchev–Trinajstić information content (AvgIpc) is 3.04. The Morgan fingerprint density at radius 3 is 2.53 bits per heavy atom. The van der Waals surface area contributed by atoms with E-state index in [2.05, 4.69) is 16.4 Å². The topological polar surface area (TPSA) is 78.2 Å². The fourth-order valence-electron chi connectivity index (χ4n) is 3.61. The van der Waals surface area contributed by atoms with Gasteiger partial charge in [0.2, 0.25) is 0 Å². The Balaban J connectivity index is 1.89. The van der Waals surface area contributed by atoms with Gasteiger partial charge in [0.1, 0.15) is 5.75 Å². The van der Waals surface area contributed by atoms with Gasteiger partial charge in [-0.3, -0.25) is 14.7 Å². The highest BCUT2D eigenvalue weighted by molar-refractivity contribution is 7.80. The van der Waals surface area contributed by atoms with Gasteiger partial charge in [-0.2, -0.15) is 5.26 Å². The summed E-state index contributed by atoms with van der Waals surface area (Å²) in [6, 6.07) is 20.3. The van der Waals surface area contributed by atoms with Crippen LogP contribution in [0.5, 0.6) is 5.75 Å². The van der Waals surface area contributed by atoms with Crippen molar-refractivity contribution in [3.05, 3.63) is 83.6 Å². The summed E-state index contributed by atoms with van der Waals surface area (Å²) >= 11 is 5.39. The second-order valence-corrected chi connectivity index (χ2v) is 7.28. The lowest BCUT2D eigenvalue weighted by Crippen LogP contribution is -2.45. The molecule has 2 aromatic carbocycles. The first-order valence-corrected chi connectivity index (χ1v) is 9.62. The van der Waals surface area contributed by atoms with Gasteiger partial charge in [-0.25, -0.2) is 0 Å². The summed E-state index contributed by atoms with van der Waals surface area (Å²) < 4.78 is 5.26. The molecule has 0 aliphatic carbocycles. The van der Waals surface area contributed by atoms with Gasteiger partial charge in [-0.15, -0.1) is 0 Å². The van der Waals surface area contributed by atoms with Crippen molar-refractivity contribution in [1.82, 2.24) is 15.2 Å². The maximum atomic E-state index is 13.4. The van der Waals surface area contributed by atoms with E-state index in [1.807, 2.05) is 42.5 Å². The van der Waals surface area contributed by atoms with E-state index in [-0.39, 0.29) is 5.91 Å². The second-order valence-electron chi connectivity index (χ2n) is 6.90. The van der Waals surface area contributed by atoms with Gasteiger partial charge in [0, 0.05) is 18.8 Å². The molecule has 0 spiro atoms. The van der Waals surface area contributed by atoms with E-state index < -0.39 is 5.54 Å². The van der Waals surface area contributed by atoms with Crippen molar-refractivity contribution in [3.63, 3.8) is 0 Å². The van der Waals surface area contributed by atoms with Crippen molar-refractivity contribution in [3.8, 4) is 23.1 Å². The molecule has 1 fully saturated rings. The molecule has 1 aliphatic heterocycles. The van der Waals surface area contributed by atoms with Crippen LogP contribution in [-0.4, -0.2) is 35.1 Å². The summed E-state index contributed by atoms with van der Waals surface area (Å²) in [5.41, 5.74) is 2.26. The Morgan fingerprint density at radius 2 is 1.90 bits per heavy atom. The standard InChI is InChI=1S/C23H18N4O2S/c1-27-21(28)23(26-22(27)30,17-6-8-19(29-2)9-7-17)18-10-11-25-20(13-18)16-5-3-4-15(12-16)14-24/h3-13H,1-2H3,(H,26,30). The van der Waals surface area contributed by atoms with Crippen LogP contribution >= 0.6 is 12.2 Å². The van der Waals surface area contributed by atoms with Crippen LogP contribution in [0.1, 0.15) is 16.7 Å². The number of ether oxygens (including phenoxy) is 1. The third kappa shape index (κ3) is 3.08. The summed E-state index contributed by atoms with van der Waals surface area (Å²) in [5, 5.41) is 12.8. The molecule has 30 heavy (non-hydrogen) atoms. The van der Waals surface area contributed by atoms with E-state index in [9.17, 15) is 10.1 Å². The van der Waals surface area contributed by atoms with E-state index in [0.29, 0.717) is 27.7 Å². The normalized spacial score (nSPS) is 18.1. The highest BCUT2D eigenvalue weighted by Crippen LogP contribution is 2.37. The molecule has 1 saturated heterocycles. The van der Waals surface area contributed by atoms with Crippen LogP contribution in [-0.2, 0) is 10.3 Å².